The second-order valence-electron chi connectivity index (χ2n) is 3.19. The van der Waals surface area contributed by atoms with Gasteiger partial charge in [-0.15, -0.1) is 5.10 Å². The van der Waals surface area contributed by atoms with Gasteiger partial charge in [0.05, 0.1) is 5.56 Å². The maximum absolute atomic E-state index is 5.58. The van der Waals surface area contributed by atoms with Gasteiger partial charge in [0.2, 0.25) is 0 Å². The molecular weight excluding hydrogens is 232 g/mol. The van der Waals surface area contributed by atoms with Crippen LogP contribution >= 0.6 is 11.6 Å². The van der Waals surface area contributed by atoms with Crippen LogP contribution in [-0.2, 0) is 0 Å². The summed E-state index contributed by atoms with van der Waals surface area (Å²) in [6.45, 7) is 1.05. The fourth-order valence-electron chi connectivity index (χ4n) is 1.56. The zero-order chi connectivity index (χ0) is 11.0. The zero-order valence-corrected chi connectivity index (χ0v) is 8.90. The molecule has 0 saturated carbocycles. The van der Waals surface area contributed by atoms with Gasteiger partial charge in [0.1, 0.15) is 13.2 Å². The quantitative estimate of drug-likeness (QED) is 0.762. The summed E-state index contributed by atoms with van der Waals surface area (Å²) < 4.78 is 16.1. The van der Waals surface area contributed by atoms with E-state index in [0.29, 0.717) is 36.2 Å². The molecule has 0 aliphatic carbocycles. The fourth-order valence-corrected chi connectivity index (χ4v) is 1.67. The Labute approximate surface area is 95.9 Å². The molecule has 2 heterocycles. The van der Waals surface area contributed by atoms with Crippen LogP contribution < -0.4 is 9.47 Å². The number of hydrogen-bond acceptors (Lipinski definition) is 5. The van der Waals surface area contributed by atoms with Crippen LogP contribution in [0, 0.1) is 0 Å². The van der Waals surface area contributed by atoms with Crippen LogP contribution in [0.4, 0.5) is 0 Å². The molecule has 0 spiro atoms. The van der Waals surface area contributed by atoms with E-state index >= 15 is 0 Å². The first-order valence-corrected chi connectivity index (χ1v) is 5.10. The summed E-state index contributed by atoms with van der Waals surface area (Å²) in [4.78, 5) is 0. The molecule has 0 bridgehead atoms. The average molecular weight is 239 g/mol. The molecule has 3 rings (SSSR count). The number of rotatable bonds is 1. The molecule has 0 atom stereocenters. The van der Waals surface area contributed by atoms with E-state index in [1.54, 1.807) is 0 Å². The summed E-state index contributed by atoms with van der Waals surface area (Å²) >= 11 is 5.58. The first-order chi connectivity index (χ1) is 7.84. The number of aromatic nitrogens is 2. The van der Waals surface area contributed by atoms with Crippen molar-refractivity contribution in [1.82, 2.24) is 10.2 Å². The maximum atomic E-state index is 5.58. The van der Waals surface area contributed by atoms with E-state index in [9.17, 15) is 0 Å². The van der Waals surface area contributed by atoms with E-state index in [2.05, 4.69) is 10.2 Å². The van der Waals surface area contributed by atoms with Crippen molar-refractivity contribution in [2.24, 2.45) is 0 Å². The third-order valence-corrected chi connectivity index (χ3v) is 2.35. The average Bonchev–Trinajstić information content (AvgIpc) is 2.75. The molecule has 1 aromatic carbocycles. The molecule has 6 heteroatoms. The smallest absolute Gasteiger partial charge is 0.313 e. The number of benzene rings is 1. The Kier molecular flexibility index (Phi) is 2.18. The SMILES string of the molecule is Clc1nnc(-c2cccc3c2OCCO3)o1. The summed E-state index contributed by atoms with van der Waals surface area (Å²) in [7, 11) is 0. The minimum Gasteiger partial charge on any atom is -0.486 e. The van der Waals surface area contributed by atoms with Gasteiger partial charge in [-0.2, -0.15) is 0 Å². The van der Waals surface area contributed by atoms with Gasteiger partial charge in [-0.1, -0.05) is 11.2 Å². The summed E-state index contributed by atoms with van der Waals surface area (Å²) in [5.41, 5.74) is 0.691. The maximum Gasteiger partial charge on any atom is 0.313 e. The monoisotopic (exact) mass is 238 g/mol. The third kappa shape index (κ3) is 1.49. The lowest BCUT2D eigenvalue weighted by molar-refractivity contribution is 0.172. The number of halogens is 1. The minimum absolute atomic E-state index is 0.00401. The highest BCUT2D eigenvalue weighted by Gasteiger charge is 2.20. The van der Waals surface area contributed by atoms with Crippen LogP contribution in [0.3, 0.4) is 0 Å². The van der Waals surface area contributed by atoms with E-state index in [0.717, 1.165) is 0 Å². The second kappa shape index (κ2) is 3.68. The number of hydrogen-bond donors (Lipinski definition) is 0. The van der Waals surface area contributed by atoms with Gasteiger partial charge in [0.25, 0.3) is 5.89 Å². The lowest BCUT2D eigenvalue weighted by Crippen LogP contribution is -2.15. The van der Waals surface area contributed by atoms with Crippen LogP contribution in [0.5, 0.6) is 11.5 Å². The Morgan fingerprint density at radius 1 is 1.12 bits per heavy atom. The molecule has 0 fully saturated rings. The molecule has 1 aliphatic rings. The summed E-state index contributed by atoms with van der Waals surface area (Å²) in [5, 5.41) is 7.41. The van der Waals surface area contributed by atoms with Crippen molar-refractivity contribution < 1.29 is 13.9 Å². The Hall–Kier alpha value is -1.75. The van der Waals surface area contributed by atoms with Gasteiger partial charge in [-0.05, 0) is 23.7 Å². The largest absolute Gasteiger partial charge is 0.486 e. The second-order valence-corrected chi connectivity index (χ2v) is 3.51. The highest BCUT2D eigenvalue weighted by Crippen LogP contribution is 2.39. The molecule has 0 N–H and O–H groups in total. The van der Waals surface area contributed by atoms with Gasteiger partial charge in [0.15, 0.2) is 11.5 Å². The van der Waals surface area contributed by atoms with Crippen molar-refractivity contribution in [1.29, 1.82) is 0 Å². The molecule has 5 nitrogen and oxygen atoms in total. The Balaban J connectivity index is 2.13. The van der Waals surface area contributed by atoms with Gasteiger partial charge in [0, 0.05) is 0 Å². The standard InChI is InChI=1S/C10H7ClN2O3/c11-10-13-12-9(16-10)6-2-1-3-7-8(6)15-5-4-14-7/h1-3H,4-5H2. The predicted molar refractivity (Wildman–Crippen MR) is 55.7 cm³/mol. The molecule has 1 aliphatic heterocycles. The first-order valence-electron chi connectivity index (χ1n) is 4.72. The van der Waals surface area contributed by atoms with Crippen molar-refractivity contribution in [3.05, 3.63) is 23.5 Å². The van der Waals surface area contributed by atoms with Crippen LogP contribution in [0.1, 0.15) is 0 Å². The highest BCUT2D eigenvalue weighted by molar-refractivity contribution is 6.27. The van der Waals surface area contributed by atoms with E-state index in [1.165, 1.54) is 0 Å². The van der Waals surface area contributed by atoms with E-state index in [4.69, 9.17) is 25.5 Å². The summed E-state index contributed by atoms with van der Waals surface area (Å²) in [5.74, 6) is 1.62. The number of para-hydroxylation sites is 1. The van der Waals surface area contributed by atoms with Crippen molar-refractivity contribution >= 4 is 11.6 Å². The molecule has 82 valence electrons. The van der Waals surface area contributed by atoms with Crippen LogP contribution in [0.2, 0.25) is 5.35 Å². The Morgan fingerprint density at radius 2 is 2.00 bits per heavy atom. The highest BCUT2D eigenvalue weighted by atomic mass is 35.5. The lowest BCUT2D eigenvalue weighted by atomic mass is 10.2. The Morgan fingerprint density at radius 3 is 2.81 bits per heavy atom. The van der Waals surface area contributed by atoms with E-state index in [-0.39, 0.29) is 5.35 Å². The lowest BCUT2D eigenvalue weighted by Gasteiger charge is -2.19. The van der Waals surface area contributed by atoms with Crippen LogP contribution in [0.25, 0.3) is 11.5 Å². The molecule has 2 aromatic rings. The van der Waals surface area contributed by atoms with Gasteiger partial charge in [-0.3, -0.25) is 0 Å². The van der Waals surface area contributed by atoms with Crippen LogP contribution in [-0.4, -0.2) is 23.4 Å². The van der Waals surface area contributed by atoms with Crippen LogP contribution in [0.15, 0.2) is 22.6 Å². The van der Waals surface area contributed by atoms with E-state index in [1.807, 2.05) is 18.2 Å². The van der Waals surface area contributed by atoms with Crippen molar-refractivity contribution in [3.63, 3.8) is 0 Å². The predicted octanol–water partition coefficient (Wildman–Crippen LogP) is 2.16. The Bertz CT molecular complexity index is 527. The fraction of sp³-hybridized carbons (Fsp3) is 0.200. The normalized spacial score (nSPS) is 13.8. The molecule has 1 aromatic heterocycles. The number of fused-ring (bicyclic) bond motifs is 1. The van der Waals surface area contributed by atoms with Crippen molar-refractivity contribution in [3.8, 4) is 23.0 Å². The summed E-state index contributed by atoms with van der Waals surface area (Å²) in [6.07, 6.45) is 0. The number of ether oxygens (including phenoxy) is 2. The van der Waals surface area contributed by atoms with Gasteiger partial charge < -0.3 is 13.9 Å². The zero-order valence-electron chi connectivity index (χ0n) is 8.14. The van der Waals surface area contributed by atoms with Gasteiger partial charge >= 0.3 is 5.35 Å². The minimum atomic E-state index is 0.00401. The van der Waals surface area contributed by atoms with Crippen molar-refractivity contribution in [2.45, 2.75) is 0 Å². The van der Waals surface area contributed by atoms with Gasteiger partial charge in [-0.25, -0.2) is 0 Å². The molecule has 0 saturated heterocycles. The first kappa shape index (κ1) is 9.47. The third-order valence-electron chi connectivity index (χ3n) is 2.20. The van der Waals surface area contributed by atoms with E-state index < -0.39 is 0 Å². The summed E-state index contributed by atoms with van der Waals surface area (Å²) in [6, 6.07) is 5.48. The molecule has 16 heavy (non-hydrogen) atoms. The molecule has 0 radical (unpaired) electrons. The molecular formula is C10H7ClN2O3. The molecule has 0 unspecified atom stereocenters. The van der Waals surface area contributed by atoms with Crippen molar-refractivity contribution in [2.75, 3.05) is 13.2 Å². The number of nitrogens with zero attached hydrogens (tertiary/aromatic N) is 2. The topological polar surface area (TPSA) is 57.4 Å². The molecule has 0 amide bonds.